The predicted octanol–water partition coefficient (Wildman–Crippen LogP) is 5.54. The Morgan fingerprint density at radius 1 is 1.26 bits per heavy atom. The molecule has 2 unspecified atom stereocenters. The van der Waals surface area contributed by atoms with E-state index in [-0.39, 0.29) is 34.8 Å². The minimum absolute atomic E-state index is 0.0225. The van der Waals surface area contributed by atoms with Crippen LogP contribution in [0.25, 0.3) is 10.9 Å². The normalized spacial score (nSPS) is 14.3. The van der Waals surface area contributed by atoms with Gasteiger partial charge in [-0.25, -0.2) is 4.79 Å². The molecule has 6 nitrogen and oxygen atoms in total. The highest BCUT2D eigenvalue weighted by Gasteiger charge is 2.57. The molecule has 0 bridgehead atoms. The van der Waals surface area contributed by atoms with Gasteiger partial charge in [-0.3, -0.25) is 0 Å². The smallest absolute Gasteiger partial charge is 0.372 e. The second kappa shape index (κ2) is 9.72. The molecule has 0 saturated heterocycles. The van der Waals surface area contributed by atoms with Crippen molar-refractivity contribution < 1.29 is 23.1 Å². The summed E-state index contributed by atoms with van der Waals surface area (Å²) in [6, 6.07) is 9.29. The minimum Gasteiger partial charge on any atom is -0.372 e. The van der Waals surface area contributed by atoms with E-state index in [0.29, 0.717) is 11.9 Å². The fourth-order valence-corrected chi connectivity index (χ4v) is 3.80. The molecule has 2 amide bonds. The van der Waals surface area contributed by atoms with Crippen molar-refractivity contribution in [2.45, 2.75) is 44.6 Å². The van der Waals surface area contributed by atoms with Crippen LogP contribution in [0.5, 0.6) is 0 Å². The van der Waals surface area contributed by atoms with Gasteiger partial charge >= 0.3 is 12.2 Å². The van der Waals surface area contributed by atoms with Crippen molar-refractivity contribution in [2.24, 2.45) is 0 Å². The van der Waals surface area contributed by atoms with E-state index >= 15 is 0 Å². The number of benzene rings is 2. The van der Waals surface area contributed by atoms with Gasteiger partial charge in [-0.05, 0) is 37.1 Å². The maximum atomic E-state index is 14.5. The van der Waals surface area contributed by atoms with Crippen LogP contribution in [-0.2, 0) is 12.1 Å². The summed E-state index contributed by atoms with van der Waals surface area (Å²) >= 11 is 0. The molecule has 0 aliphatic carbocycles. The number of rotatable bonds is 8. The zero-order valence-corrected chi connectivity index (χ0v) is 18.9. The second-order valence-electron chi connectivity index (χ2n) is 8.06. The standard InChI is InChI=1S/C25H27F3N4O2/c1-4-12-32-15-20(19-8-6-7-9-22(19)32)24(34,25(26,27)28)18-10-11-21(17(13-18)14-29)31-23(33)30-16(3)5-2/h4,6-11,13-16,29,34H,1,5,12H2,2-3H3,(H2,30,31,33). The van der Waals surface area contributed by atoms with Crippen molar-refractivity contribution in [2.75, 3.05) is 5.32 Å². The van der Waals surface area contributed by atoms with Crippen molar-refractivity contribution in [1.29, 1.82) is 5.41 Å². The van der Waals surface area contributed by atoms with E-state index in [1.54, 1.807) is 28.8 Å². The van der Waals surface area contributed by atoms with Crippen LogP contribution < -0.4 is 10.6 Å². The molecule has 0 saturated carbocycles. The van der Waals surface area contributed by atoms with Gasteiger partial charge in [0.05, 0.1) is 5.69 Å². The van der Waals surface area contributed by atoms with Gasteiger partial charge in [-0.2, -0.15) is 13.2 Å². The molecule has 34 heavy (non-hydrogen) atoms. The average molecular weight is 473 g/mol. The van der Waals surface area contributed by atoms with E-state index in [9.17, 15) is 23.1 Å². The van der Waals surface area contributed by atoms with Crippen LogP contribution in [0.2, 0.25) is 0 Å². The lowest BCUT2D eigenvalue weighted by molar-refractivity contribution is -0.247. The quantitative estimate of drug-likeness (QED) is 0.256. The van der Waals surface area contributed by atoms with Crippen molar-refractivity contribution in [3.63, 3.8) is 0 Å². The van der Waals surface area contributed by atoms with Crippen LogP contribution in [-0.4, -0.2) is 34.1 Å². The number of nitrogens with one attached hydrogen (secondary N) is 3. The van der Waals surface area contributed by atoms with Crippen LogP contribution in [0.15, 0.2) is 61.3 Å². The van der Waals surface area contributed by atoms with E-state index < -0.39 is 23.4 Å². The third-order valence-electron chi connectivity index (χ3n) is 5.78. The number of amides is 2. The largest absolute Gasteiger partial charge is 0.425 e. The summed E-state index contributed by atoms with van der Waals surface area (Å²) in [6.45, 7) is 7.62. The monoisotopic (exact) mass is 472 g/mol. The van der Waals surface area contributed by atoms with Crippen LogP contribution in [0.3, 0.4) is 0 Å². The summed E-state index contributed by atoms with van der Waals surface area (Å²) in [5, 5.41) is 24.5. The lowest BCUT2D eigenvalue weighted by Crippen LogP contribution is -2.43. The van der Waals surface area contributed by atoms with Crippen LogP contribution in [0.1, 0.15) is 37.0 Å². The molecule has 2 aromatic carbocycles. The molecule has 1 heterocycles. The number of halogens is 3. The molecule has 180 valence electrons. The highest BCUT2D eigenvalue weighted by atomic mass is 19.4. The molecule has 0 aliphatic rings. The van der Waals surface area contributed by atoms with E-state index in [0.717, 1.165) is 18.3 Å². The number of aliphatic hydroxyl groups is 1. The molecule has 4 N–H and O–H groups in total. The highest BCUT2D eigenvalue weighted by Crippen LogP contribution is 2.47. The molecule has 2 atom stereocenters. The summed E-state index contributed by atoms with van der Waals surface area (Å²) in [4.78, 5) is 12.2. The first-order chi connectivity index (χ1) is 16.1. The second-order valence-corrected chi connectivity index (χ2v) is 8.06. The highest BCUT2D eigenvalue weighted by molar-refractivity contribution is 5.96. The van der Waals surface area contributed by atoms with Gasteiger partial charge in [0, 0.05) is 47.0 Å². The summed E-state index contributed by atoms with van der Waals surface area (Å²) in [6.07, 6.45) is -0.711. The fourth-order valence-electron chi connectivity index (χ4n) is 3.80. The molecular weight excluding hydrogens is 445 g/mol. The maximum absolute atomic E-state index is 14.5. The van der Waals surface area contributed by atoms with Gasteiger partial charge < -0.3 is 25.7 Å². The van der Waals surface area contributed by atoms with E-state index in [1.165, 1.54) is 18.3 Å². The van der Waals surface area contributed by atoms with Gasteiger partial charge in [0.15, 0.2) is 0 Å². The van der Waals surface area contributed by atoms with E-state index in [4.69, 9.17) is 5.41 Å². The Morgan fingerprint density at radius 3 is 2.59 bits per heavy atom. The average Bonchev–Trinajstić information content (AvgIpc) is 3.17. The van der Waals surface area contributed by atoms with Crippen LogP contribution >= 0.6 is 0 Å². The Labute approximate surface area is 195 Å². The zero-order valence-electron chi connectivity index (χ0n) is 18.9. The number of urea groups is 1. The summed E-state index contributed by atoms with van der Waals surface area (Å²) in [7, 11) is 0. The number of hydrogen-bond donors (Lipinski definition) is 4. The summed E-state index contributed by atoms with van der Waals surface area (Å²) < 4.78 is 45.1. The minimum atomic E-state index is -5.07. The predicted molar refractivity (Wildman–Crippen MR) is 127 cm³/mol. The molecule has 0 aliphatic heterocycles. The number of carbonyl (C=O) groups excluding carboxylic acids is 1. The van der Waals surface area contributed by atoms with E-state index in [1.807, 2.05) is 13.8 Å². The lowest BCUT2D eigenvalue weighted by Gasteiger charge is -2.31. The number of aromatic nitrogens is 1. The zero-order chi connectivity index (χ0) is 25.1. The molecule has 0 spiro atoms. The number of anilines is 1. The van der Waals surface area contributed by atoms with Crippen LogP contribution in [0.4, 0.5) is 23.7 Å². The number of carbonyl (C=O) groups is 1. The Balaban J connectivity index is 2.14. The molecular formula is C25H27F3N4O2. The number of allylic oxidation sites excluding steroid dienone is 1. The number of nitrogens with zero attached hydrogens (tertiary/aromatic N) is 1. The number of alkyl halides is 3. The topological polar surface area (TPSA) is 90.1 Å². The molecule has 0 radical (unpaired) electrons. The maximum Gasteiger partial charge on any atom is 0.425 e. The van der Waals surface area contributed by atoms with Crippen molar-refractivity contribution in [3.8, 4) is 0 Å². The molecule has 1 aromatic heterocycles. The van der Waals surface area contributed by atoms with Crippen molar-refractivity contribution in [3.05, 3.63) is 78.0 Å². The lowest BCUT2D eigenvalue weighted by atomic mass is 9.84. The third kappa shape index (κ3) is 4.56. The van der Waals surface area contributed by atoms with Gasteiger partial charge in [0.25, 0.3) is 0 Å². The van der Waals surface area contributed by atoms with Crippen LogP contribution in [0, 0.1) is 5.41 Å². The Hall–Kier alpha value is -3.59. The first kappa shape index (κ1) is 25.0. The molecule has 3 rings (SSSR count). The molecule has 9 heteroatoms. The molecule has 3 aromatic rings. The Morgan fingerprint density at radius 2 is 1.97 bits per heavy atom. The van der Waals surface area contributed by atoms with Gasteiger partial charge in [-0.1, -0.05) is 37.3 Å². The summed E-state index contributed by atoms with van der Waals surface area (Å²) in [5.41, 5.74) is -3.45. The number of fused-ring (bicyclic) bond motifs is 1. The van der Waals surface area contributed by atoms with Gasteiger partial charge in [0.1, 0.15) is 0 Å². The molecule has 0 fully saturated rings. The Bertz CT molecular complexity index is 1220. The number of para-hydroxylation sites is 1. The third-order valence-corrected chi connectivity index (χ3v) is 5.78. The summed E-state index contributed by atoms with van der Waals surface area (Å²) in [5.74, 6) is 0. The van der Waals surface area contributed by atoms with Gasteiger partial charge in [-0.15, -0.1) is 6.58 Å². The Kier molecular flexibility index (Phi) is 7.16. The first-order valence-electron chi connectivity index (χ1n) is 10.8. The van der Waals surface area contributed by atoms with Crippen molar-refractivity contribution in [1.82, 2.24) is 9.88 Å². The number of hydrogen-bond acceptors (Lipinski definition) is 3. The first-order valence-corrected chi connectivity index (χ1v) is 10.8. The fraction of sp³-hybridized carbons (Fsp3) is 0.280. The van der Waals surface area contributed by atoms with Gasteiger partial charge in [0.2, 0.25) is 5.60 Å². The SMILES string of the molecule is C=CCn1cc(C(O)(c2ccc(NC(=O)NC(C)CC)c(C=N)c2)C(F)(F)F)c2ccccc21. The van der Waals surface area contributed by atoms with Crippen molar-refractivity contribution >= 4 is 28.8 Å². The van der Waals surface area contributed by atoms with E-state index in [2.05, 4.69) is 17.2 Å².